The molecule has 1 aromatic heterocycles. The standard InChI is InChI=1S/C10H7FIN3O2S/c11-7-1-9(10(15(16)17)2-8(7)12)14-4-6-3-13-5-18-6/h1-3,5,14H,4H2. The van der Waals surface area contributed by atoms with Crippen molar-refractivity contribution in [2.75, 3.05) is 5.32 Å². The molecule has 0 aliphatic heterocycles. The van der Waals surface area contributed by atoms with Gasteiger partial charge in [0.25, 0.3) is 5.69 Å². The molecule has 5 nitrogen and oxygen atoms in total. The number of rotatable bonds is 4. The summed E-state index contributed by atoms with van der Waals surface area (Å²) >= 11 is 3.15. The number of halogens is 2. The van der Waals surface area contributed by atoms with E-state index in [0.717, 1.165) is 10.9 Å². The van der Waals surface area contributed by atoms with E-state index in [1.807, 2.05) is 0 Å². The molecule has 8 heteroatoms. The van der Waals surface area contributed by atoms with E-state index in [-0.39, 0.29) is 14.9 Å². The van der Waals surface area contributed by atoms with E-state index >= 15 is 0 Å². The van der Waals surface area contributed by atoms with E-state index in [4.69, 9.17) is 0 Å². The molecular weight excluding hydrogens is 372 g/mol. The number of hydrogen-bond acceptors (Lipinski definition) is 5. The zero-order chi connectivity index (χ0) is 13.1. The van der Waals surface area contributed by atoms with E-state index in [1.165, 1.54) is 17.4 Å². The largest absolute Gasteiger partial charge is 0.374 e. The molecule has 0 unspecified atom stereocenters. The van der Waals surface area contributed by atoms with Gasteiger partial charge in [0.05, 0.1) is 20.5 Å². The second-order valence-corrected chi connectivity index (χ2v) is 5.49. The van der Waals surface area contributed by atoms with Crippen LogP contribution in [0.25, 0.3) is 0 Å². The van der Waals surface area contributed by atoms with Crippen LogP contribution < -0.4 is 5.32 Å². The molecule has 1 N–H and O–H groups in total. The van der Waals surface area contributed by atoms with Crippen LogP contribution in [-0.4, -0.2) is 9.91 Å². The predicted molar refractivity (Wildman–Crippen MR) is 75.2 cm³/mol. The van der Waals surface area contributed by atoms with Crippen LogP contribution in [-0.2, 0) is 6.54 Å². The van der Waals surface area contributed by atoms with Crippen LogP contribution in [0, 0.1) is 19.5 Å². The molecule has 0 radical (unpaired) electrons. The van der Waals surface area contributed by atoms with Gasteiger partial charge in [0.1, 0.15) is 11.5 Å². The average Bonchev–Trinajstić information content (AvgIpc) is 2.83. The maximum Gasteiger partial charge on any atom is 0.293 e. The number of hydrogen-bond donors (Lipinski definition) is 1. The van der Waals surface area contributed by atoms with Crippen LogP contribution in [0.4, 0.5) is 15.8 Å². The summed E-state index contributed by atoms with van der Waals surface area (Å²) in [6.07, 6.45) is 1.66. The van der Waals surface area contributed by atoms with Gasteiger partial charge in [-0.1, -0.05) is 0 Å². The lowest BCUT2D eigenvalue weighted by molar-refractivity contribution is -0.384. The molecule has 94 valence electrons. The molecule has 0 amide bonds. The van der Waals surface area contributed by atoms with Crippen molar-refractivity contribution in [3.05, 3.63) is 48.2 Å². The molecule has 0 spiro atoms. The fraction of sp³-hybridized carbons (Fsp3) is 0.100. The number of benzene rings is 1. The molecule has 0 fully saturated rings. The van der Waals surface area contributed by atoms with Gasteiger partial charge >= 0.3 is 0 Å². The minimum absolute atomic E-state index is 0.134. The van der Waals surface area contributed by atoms with Crippen LogP contribution >= 0.6 is 33.9 Å². The Morgan fingerprint density at radius 2 is 2.33 bits per heavy atom. The van der Waals surface area contributed by atoms with Crippen LogP contribution in [0.1, 0.15) is 4.88 Å². The van der Waals surface area contributed by atoms with Crippen molar-refractivity contribution in [3.63, 3.8) is 0 Å². The Kier molecular flexibility index (Phi) is 4.07. The Labute approximate surface area is 119 Å². The molecule has 2 rings (SSSR count). The number of nitrogens with zero attached hydrogens (tertiary/aromatic N) is 2. The molecule has 0 aliphatic rings. The zero-order valence-electron chi connectivity index (χ0n) is 8.89. The first-order chi connectivity index (χ1) is 8.58. The van der Waals surface area contributed by atoms with Crippen LogP contribution in [0.5, 0.6) is 0 Å². The van der Waals surface area contributed by atoms with Crippen molar-refractivity contribution < 1.29 is 9.31 Å². The van der Waals surface area contributed by atoms with Gasteiger partial charge in [-0.3, -0.25) is 15.1 Å². The molecule has 1 heterocycles. The molecule has 0 aliphatic carbocycles. The topological polar surface area (TPSA) is 68.1 Å². The first-order valence-electron chi connectivity index (χ1n) is 4.82. The Hall–Kier alpha value is -1.29. The highest BCUT2D eigenvalue weighted by Gasteiger charge is 2.17. The monoisotopic (exact) mass is 379 g/mol. The molecule has 0 bridgehead atoms. The summed E-state index contributed by atoms with van der Waals surface area (Å²) in [5, 5.41) is 13.7. The summed E-state index contributed by atoms with van der Waals surface area (Å²) < 4.78 is 13.6. The number of aromatic nitrogens is 1. The Morgan fingerprint density at radius 3 is 2.94 bits per heavy atom. The van der Waals surface area contributed by atoms with Crippen LogP contribution in [0.2, 0.25) is 0 Å². The number of nitro groups is 1. The molecule has 2 aromatic rings. The number of anilines is 1. The highest BCUT2D eigenvalue weighted by molar-refractivity contribution is 14.1. The van der Waals surface area contributed by atoms with E-state index in [0.29, 0.717) is 6.54 Å². The minimum Gasteiger partial charge on any atom is -0.374 e. The molecule has 0 saturated carbocycles. The van der Waals surface area contributed by atoms with Crippen molar-refractivity contribution in [2.45, 2.75) is 6.54 Å². The molecular formula is C10H7FIN3O2S. The fourth-order valence-electron chi connectivity index (χ4n) is 1.34. The minimum atomic E-state index is -0.531. The maximum atomic E-state index is 13.4. The van der Waals surface area contributed by atoms with Crippen LogP contribution in [0.3, 0.4) is 0 Å². The van der Waals surface area contributed by atoms with Gasteiger partial charge in [-0.05, 0) is 22.6 Å². The van der Waals surface area contributed by atoms with Gasteiger partial charge in [0.15, 0.2) is 0 Å². The first-order valence-corrected chi connectivity index (χ1v) is 6.78. The number of nitrogens with one attached hydrogen (secondary N) is 1. The molecule has 1 aromatic carbocycles. The summed E-state index contributed by atoms with van der Waals surface area (Å²) in [5.74, 6) is -0.479. The van der Waals surface area contributed by atoms with Gasteiger partial charge in [-0.2, -0.15) is 0 Å². The predicted octanol–water partition coefficient (Wildman–Crippen LogP) is 3.41. The quantitative estimate of drug-likeness (QED) is 0.502. The summed E-state index contributed by atoms with van der Waals surface area (Å²) in [6.45, 7) is 0.380. The van der Waals surface area contributed by atoms with Gasteiger partial charge in [-0.25, -0.2) is 4.39 Å². The van der Waals surface area contributed by atoms with Crippen molar-refractivity contribution >= 4 is 45.3 Å². The van der Waals surface area contributed by atoms with Gasteiger partial charge in [0.2, 0.25) is 0 Å². The lowest BCUT2D eigenvalue weighted by Crippen LogP contribution is -2.03. The Morgan fingerprint density at radius 1 is 1.56 bits per heavy atom. The highest BCUT2D eigenvalue weighted by atomic mass is 127. The molecule has 18 heavy (non-hydrogen) atoms. The third-order valence-electron chi connectivity index (χ3n) is 2.17. The third kappa shape index (κ3) is 2.93. The van der Waals surface area contributed by atoms with Crippen molar-refractivity contribution in [2.24, 2.45) is 0 Å². The average molecular weight is 379 g/mol. The lowest BCUT2D eigenvalue weighted by atomic mass is 10.2. The second-order valence-electron chi connectivity index (χ2n) is 3.36. The van der Waals surface area contributed by atoms with Gasteiger partial charge in [0, 0.05) is 23.2 Å². The summed E-state index contributed by atoms with van der Waals surface area (Å²) in [7, 11) is 0. The Balaban J connectivity index is 2.25. The van der Waals surface area contributed by atoms with E-state index in [9.17, 15) is 14.5 Å². The lowest BCUT2D eigenvalue weighted by Gasteiger charge is -2.06. The zero-order valence-corrected chi connectivity index (χ0v) is 11.9. The van der Waals surface area contributed by atoms with E-state index in [1.54, 1.807) is 34.3 Å². The smallest absolute Gasteiger partial charge is 0.293 e. The van der Waals surface area contributed by atoms with Crippen molar-refractivity contribution in [3.8, 4) is 0 Å². The summed E-state index contributed by atoms with van der Waals surface area (Å²) in [6, 6.07) is 2.35. The van der Waals surface area contributed by atoms with E-state index in [2.05, 4.69) is 10.3 Å². The highest BCUT2D eigenvalue weighted by Crippen LogP contribution is 2.29. The summed E-state index contributed by atoms with van der Waals surface area (Å²) in [5.41, 5.74) is 1.71. The van der Waals surface area contributed by atoms with Crippen molar-refractivity contribution in [1.29, 1.82) is 0 Å². The normalized spacial score (nSPS) is 10.3. The number of thiazole rings is 1. The molecule has 0 saturated heterocycles. The van der Waals surface area contributed by atoms with Crippen LogP contribution in [0.15, 0.2) is 23.8 Å². The van der Waals surface area contributed by atoms with Gasteiger partial charge in [-0.15, -0.1) is 11.3 Å². The SMILES string of the molecule is O=[N+]([O-])c1cc(I)c(F)cc1NCc1cncs1. The Bertz CT molecular complexity index is 577. The summed E-state index contributed by atoms with van der Waals surface area (Å²) in [4.78, 5) is 15.2. The van der Waals surface area contributed by atoms with Gasteiger partial charge < -0.3 is 5.32 Å². The molecule has 0 atom stereocenters. The maximum absolute atomic E-state index is 13.4. The fourth-order valence-corrected chi connectivity index (χ4v) is 2.33. The third-order valence-corrected chi connectivity index (χ3v) is 3.78. The van der Waals surface area contributed by atoms with Crippen molar-refractivity contribution in [1.82, 2.24) is 4.98 Å². The number of nitro benzene ring substituents is 1. The first kappa shape index (κ1) is 13.1. The second kappa shape index (κ2) is 5.57. The van der Waals surface area contributed by atoms with E-state index < -0.39 is 10.7 Å².